The van der Waals surface area contributed by atoms with Gasteiger partial charge < -0.3 is 10.6 Å². The predicted octanol–water partition coefficient (Wildman–Crippen LogP) is 2.17. The van der Waals surface area contributed by atoms with Crippen molar-refractivity contribution < 1.29 is 4.79 Å². The summed E-state index contributed by atoms with van der Waals surface area (Å²) >= 11 is 4.78. The van der Waals surface area contributed by atoms with Crippen LogP contribution in [-0.2, 0) is 0 Å². The van der Waals surface area contributed by atoms with Gasteiger partial charge in [0.25, 0.3) is 5.91 Å². The van der Waals surface area contributed by atoms with Crippen LogP contribution in [0.1, 0.15) is 35.7 Å². The average molecular weight is 250 g/mol. The fourth-order valence-electron chi connectivity index (χ4n) is 1.54. The molecule has 0 aromatic heterocycles. The second kappa shape index (κ2) is 5.77. The van der Waals surface area contributed by atoms with Crippen molar-refractivity contribution in [1.82, 2.24) is 4.90 Å². The van der Waals surface area contributed by atoms with Crippen LogP contribution in [0.2, 0.25) is 0 Å². The molecule has 0 spiro atoms. The summed E-state index contributed by atoms with van der Waals surface area (Å²) in [6.45, 7) is 4.55. The maximum Gasteiger partial charge on any atom is 0.253 e. The zero-order valence-corrected chi connectivity index (χ0v) is 11.3. The molecule has 4 heteroatoms. The molecule has 3 nitrogen and oxygen atoms in total. The quantitative estimate of drug-likeness (QED) is 0.833. The maximum absolute atomic E-state index is 12.0. The summed E-state index contributed by atoms with van der Waals surface area (Å²) in [4.78, 5) is 13.8. The summed E-state index contributed by atoms with van der Waals surface area (Å²) < 4.78 is 0. The van der Waals surface area contributed by atoms with Crippen LogP contribution in [0, 0.1) is 0 Å². The van der Waals surface area contributed by atoms with E-state index in [0.29, 0.717) is 23.0 Å². The highest BCUT2D eigenvalue weighted by Crippen LogP contribution is 2.15. The molecule has 92 valence electrons. The van der Waals surface area contributed by atoms with Gasteiger partial charge in [0.2, 0.25) is 0 Å². The summed E-state index contributed by atoms with van der Waals surface area (Å²) in [5, 5.41) is 0. The van der Waals surface area contributed by atoms with Crippen LogP contribution in [0.3, 0.4) is 0 Å². The summed E-state index contributed by atoms with van der Waals surface area (Å²) in [7, 11) is 1.69. The fourth-order valence-corrected chi connectivity index (χ4v) is 1.73. The lowest BCUT2D eigenvalue weighted by Crippen LogP contribution is -2.34. The number of likely N-dealkylation sites (N-methyl/N-ethyl adjacent to an activating group) is 1. The van der Waals surface area contributed by atoms with Gasteiger partial charge in [-0.3, -0.25) is 4.79 Å². The van der Waals surface area contributed by atoms with Gasteiger partial charge in [-0.1, -0.05) is 38.2 Å². The fraction of sp³-hybridized carbons (Fsp3) is 0.385. The number of amides is 1. The van der Waals surface area contributed by atoms with Gasteiger partial charge in [0.05, 0.1) is 11.5 Å². The second-order valence-corrected chi connectivity index (χ2v) is 4.93. The van der Waals surface area contributed by atoms with E-state index in [1.165, 1.54) is 10.5 Å². The van der Waals surface area contributed by atoms with Gasteiger partial charge in [-0.15, -0.1) is 0 Å². The third-order valence-corrected chi connectivity index (χ3v) is 2.69. The Kier molecular flexibility index (Phi) is 4.63. The maximum atomic E-state index is 12.0. The standard InChI is InChI=1S/C13H18N2OS/c1-9(2)10-4-6-11(7-5-10)13(16)15(3)8-12(14)17/h4-7,9H,8H2,1-3H3,(H2,14,17). The van der Waals surface area contributed by atoms with Crippen LogP contribution >= 0.6 is 12.2 Å². The van der Waals surface area contributed by atoms with E-state index in [0.717, 1.165) is 0 Å². The van der Waals surface area contributed by atoms with Gasteiger partial charge in [-0.25, -0.2) is 0 Å². The molecule has 1 amide bonds. The molecule has 0 aliphatic heterocycles. The van der Waals surface area contributed by atoms with Crippen molar-refractivity contribution in [2.45, 2.75) is 19.8 Å². The van der Waals surface area contributed by atoms with E-state index >= 15 is 0 Å². The van der Waals surface area contributed by atoms with E-state index in [2.05, 4.69) is 13.8 Å². The first-order chi connectivity index (χ1) is 7.91. The molecule has 0 atom stereocenters. The topological polar surface area (TPSA) is 46.3 Å². The Morgan fingerprint density at radius 1 is 1.35 bits per heavy atom. The first-order valence-corrected chi connectivity index (χ1v) is 5.96. The van der Waals surface area contributed by atoms with E-state index in [9.17, 15) is 4.79 Å². The minimum Gasteiger partial charge on any atom is -0.392 e. The van der Waals surface area contributed by atoms with Gasteiger partial charge in [0.1, 0.15) is 0 Å². The molecule has 0 bridgehead atoms. The number of nitrogens with zero attached hydrogens (tertiary/aromatic N) is 1. The zero-order chi connectivity index (χ0) is 13.0. The van der Waals surface area contributed by atoms with Gasteiger partial charge in [-0.2, -0.15) is 0 Å². The van der Waals surface area contributed by atoms with Crippen molar-refractivity contribution in [2.75, 3.05) is 13.6 Å². The summed E-state index contributed by atoms with van der Waals surface area (Å²) in [6.07, 6.45) is 0. The lowest BCUT2D eigenvalue weighted by atomic mass is 10.0. The highest BCUT2D eigenvalue weighted by molar-refractivity contribution is 7.80. The van der Waals surface area contributed by atoms with E-state index < -0.39 is 0 Å². The monoisotopic (exact) mass is 250 g/mol. The lowest BCUT2D eigenvalue weighted by molar-refractivity contribution is 0.0815. The second-order valence-electron chi connectivity index (χ2n) is 4.40. The normalized spacial score (nSPS) is 10.4. The molecule has 1 aromatic carbocycles. The van der Waals surface area contributed by atoms with Crippen molar-refractivity contribution in [1.29, 1.82) is 0 Å². The molecular weight excluding hydrogens is 232 g/mol. The Balaban J connectivity index is 2.79. The van der Waals surface area contributed by atoms with Crippen LogP contribution in [0.4, 0.5) is 0 Å². The number of rotatable bonds is 4. The van der Waals surface area contributed by atoms with Gasteiger partial charge in [-0.05, 0) is 23.6 Å². The van der Waals surface area contributed by atoms with Gasteiger partial charge in [0.15, 0.2) is 0 Å². The highest BCUT2D eigenvalue weighted by atomic mass is 32.1. The number of carbonyl (C=O) groups is 1. The Morgan fingerprint density at radius 3 is 2.29 bits per heavy atom. The Bertz CT molecular complexity index is 412. The van der Waals surface area contributed by atoms with Crippen LogP contribution in [0.5, 0.6) is 0 Å². The number of nitrogens with two attached hydrogens (primary N) is 1. The predicted molar refractivity (Wildman–Crippen MR) is 74.3 cm³/mol. The molecule has 2 N–H and O–H groups in total. The Labute approximate surface area is 108 Å². The van der Waals surface area contributed by atoms with Crippen LogP contribution < -0.4 is 5.73 Å². The molecule has 1 rings (SSSR count). The number of hydrogen-bond acceptors (Lipinski definition) is 2. The number of carbonyl (C=O) groups excluding carboxylic acids is 1. The third-order valence-electron chi connectivity index (χ3n) is 2.56. The SMILES string of the molecule is CC(C)c1ccc(C(=O)N(C)CC(N)=S)cc1. The summed E-state index contributed by atoms with van der Waals surface area (Å²) in [5.74, 6) is 0.404. The number of thiocarbonyl (C=S) groups is 1. The van der Waals surface area contributed by atoms with E-state index in [-0.39, 0.29) is 5.91 Å². The minimum atomic E-state index is -0.0619. The zero-order valence-electron chi connectivity index (χ0n) is 10.4. The van der Waals surface area contributed by atoms with Gasteiger partial charge in [0, 0.05) is 12.6 Å². The number of benzene rings is 1. The summed E-state index contributed by atoms with van der Waals surface area (Å²) in [6, 6.07) is 7.64. The smallest absolute Gasteiger partial charge is 0.253 e. The Morgan fingerprint density at radius 2 is 1.88 bits per heavy atom. The van der Waals surface area contributed by atoms with Crippen molar-refractivity contribution in [3.05, 3.63) is 35.4 Å². The highest BCUT2D eigenvalue weighted by Gasteiger charge is 2.12. The molecule has 0 radical (unpaired) electrons. The van der Waals surface area contributed by atoms with E-state index in [1.54, 1.807) is 7.05 Å². The minimum absolute atomic E-state index is 0.0619. The summed E-state index contributed by atoms with van der Waals surface area (Å²) in [5.41, 5.74) is 7.29. The van der Waals surface area contributed by atoms with Crippen molar-refractivity contribution in [3.8, 4) is 0 Å². The molecule has 1 aromatic rings. The van der Waals surface area contributed by atoms with Crippen molar-refractivity contribution >= 4 is 23.1 Å². The molecule has 0 saturated heterocycles. The number of hydrogen-bond donors (Lipinski definition) is 1. The van der Waals surface area contributed by atoms with Crippen LogP contribution in [0.15, 0.2) is 24.3 Å². The molecule has 0 heterocycles. The molecule has 0 aliphatic rings. The molecular formula is C13H18N2OS. The lowest BCUT2D eigenvalue weighted by Gasteiger charge is -2.16. The Hall–Kier alpha value is -1.42. The molecule has 0 saturated carbocycles. The van der Waals surface area contributed by atoms with Crippen molar-refractivity contribution in [3.63, 3.8) is 0 Å². The van der Waals surface area contributed by atoms with Crippen LogP contribution in [0.25, 0.3) is 0 Å². The molecule has 0 aliphatic carbocycles. The van der Waals surface area contributed by atoms with Gasteiger partial charge >= 0.3 is 0 Å². The van der Waals surface area contributed by atoms with Crippen molar-refractivity contribution in [2.24, 2.45) is 5.73 Å². The van der Waals surface area contributed by atoms with E-state index in [4.69, 9.17) is 18.0 Å². The molecule has 0 unspecified atom stereocenters. The first-order valence-electron chi connectivity index (χ1n) is 5.55. The first kappa shape index (κ1) is 13.6. The molecule has 0 fully saturated rings. The average Bonchev–Trinajstić information content (AvgIpc) is 2.27. The molecule has 17 heavy (non-hydrogen) atoms. The van der Waals surface area contributed by atoms with E-state index in [1.807, 2.05) is 24.3 Å². The largest absolute Gasteiger partial charge is 0.392 e. The van der Waals surface area contributed by atoms with Crippen LogP contribution in [-0.4, -0.2) is 29.4 Å². The third kappa shape index (κ3) is 3.82.